The number of hydrogen-bond donors (Lipinski definition) is 1. The van der Waals surface area contributed by atoms with E-state index in [1.165, 1.54) is 7.11 Å². The molecule has 92 valence electrons. The minimum absolute atomic E-state index is 0.343. The molecule has 18 heavy (non-hydrogen) atoms. The first-order valence-corrected chi connectivity index (χ1v) is 6.48. The quantitative estimate of drug-likeness (QED) is 0.674. The Morgan fingerprint density at radius 2 is 1.89 bits per heavy atom. The number of rotatable bonds is 3. The van der Waals surface area contributed by atoms with Gasteiger partial charge in [-0.2, -0.15) is 0 Å². The van der Waals surface area contributed by atoms with E-state index in [-0.39, 0.29) is 5.97 Å². The van der Waals surface area contributed by atoms with E-state index in [9.17, 15) is 4.79 Å². The monoisotopic (exact) mass is 353 g/mol. The molecule has 2 aromatic carbocycles. The lowest BCUT2D eigenvalue weighted by molar-refractivity contribution is 0.0602. The number of esters is 1. The molecule has 0 radical (unpaired) electrons. The van der Waals surface area contributed by atoms with Crippen LogP contribution in [0.5, 0.6) is 0 Å². The normalized spacial score (nSPS) is 9.89. The molecule has 0 spiro atoms. The van der Waals surface area contributed by atoms with Crippen LogP contribution in [0.4, 0.5) is 11.4 Å². The number of para-hydroxylation sites is 1. The summed E-state index contributed by atoms with van der Waals surface area (Å²) in [6.07, 6.45) is 0. The van der Waals surface area contributed by atoms with Gasteiger partial charge in [0.05, 0.1) is 18.4 Å². The van der Waals surface area contributed by atoms with Gasteiger partial charge in [-0.15, -0.1) is 0 Å². The van der Waals surface area contributed by atoms with Gasteiger partial charge >= 0.3 is 5.97 Å². The first-order valence-electron chi connectivity index (χ1n) is 5.40. The van der Waals surface area contributed by atoms with Gasteiger partial charge in [0.1, 0.15) is 0 Å². The highest BCUT2D eigenvalue weighted by Crippen LogP contribution is 2.23. The lowest BCUT2D eigenvalue weighted by Crippen LogP contribution is -2.05. The summed E-state index contributed by atoms with van der Waals surface area (Å²) in [5.41, 5.74) is 2.21. The Bertz CT molecular complexity index is 555. The first kappa shape index (κ1) is 12.9. The van der Waals surface area contributed by atoms with Crippen molar-refractivity contribution in [3.63, 3.8) is 0 Å². The molecule has 0 saturated heterocycles. The van der Waals surface area contributed by atoms with Gasteiger partial charge in [-0.3, -0.25) is 0 Å². The van der Waals surface area contributed by atoms with Crippen LogP contribution in [0.15, 0.2) is 48.5 Å². The van der Waals surface area contributed by atoms with Crippen LogP contribution in [0, 0.1) is 3.57 Å². The van der Waals surface area contributed by atoms with Crippen LogP contribution in [0.25, 0.3) is 0 Å². The van der Waals surface area contributed by atoms with Gasteiger partial charge < -0.3 is 10.1 Å². The van der Waals surface area contributed by atoms with Gasteiger partial charge in [0.2, 0.25) is 0 Å². The van der Waals surface area contributed by atoms with Gasteiger partial charge in [-0.1, -0.05) is 18.2 Å². The number of ether oxygens (including phenoxy) is 1. The molecule has 0 amide bonds. The molecule has 0 unspecified atom stereocenters. The van der Waals surface area contributed by atoms with E-state index in [1.807, 2.05) is 42.5 Å². The summed E-state index contributed by atoms with van der Waals surface area (Å²) in [6, 6.07) is 15.3. The summed E-state index contributed by atoms with van der Waals surface area (Å²) in [7, 11) is 1.38. The Morgan fingerprint density at radius 3 is 2.56 bits per heavy atom. The second-order valence-corrected chi connectivity index (χ2v) is 4.92. The van der Waals surface area contributed by atoms with E-state index in [1.54, 1.807) is 6.07 Å². The largest absolute Gasteiger partial charge is 0.465 e. The average molecular weight is 353 g/mol. The number of benzene rings is 2. The van der Waals surface area contributed by atoms with E-state index in [0.29, 0.717) is 5.56 Å². The molecule has 0 aromatic heterocycles. The number of carbonyl (C=O) groups excluding carboxylic acids is 1. The molecule has 0 saturated carbocycles. The molecule has 0 atom stereocenters. The van der Waals surface area contributed by atoms with Crippen LogP contribution < -0.4 is 5.32 Å². The fraction of sp³-hybridized carbons (Fsp3) is 0.0714. The molecule has 0 aliphatic heterocycles. The maximum absolute atomic E-state index is 11.7. The first-order chi connectivity index (χ1) is 8.70. The number of halogens is 1. The van der Waals surface area contributed by atoms with E-state index in [2.05, 4.69) is 27.9 Å². The fourth-order valence-corrected chi connectivity index (χ4v) is 2.08. The third-order valence-corrected chi connectivity index (χ3v) is 3.11. The van der Waals surface area contributed by atoms with Gasteiger partial charge in [0, 0.05) is 9.26 Å². The molecule has 1 N–H and O–H groups in total. The summed E-state index contributed by atoms with van der Waals surface area (Å²) in [6.45, 7) is 0. The predicted molar refractivity (Wildman–Crippen MR) is 80.2 cm³/mol. The van der Waals surface area contributed by atoms with Crippen LogP contribution >= 0.6 is 22.6 Å². The lowest BCUT2D eigenvalue weighted by atomic mass is 10.1. The smallest absolute Gasteiger partial charge is 0.339 e. The molecule has 4 heteroatoms. The molecule has 0 aliphatic carbocycles. The Balaban J connectivity index is 2.36. The molecular weight excluding hydrogens is 341 g/mol. The Hall–Kier alpha value is -1.56. The highest BCUT2D eigenvalue weighted by molar-refractivity contribution is 14.1. The van der Waals surface area contributed by atoms with Gasteiger partial charge in [0.15, 0.2) is 0 Å². The Labute approximate surface area is 119 Å². The maximum Gasteiger partial charge on any atom is 0.339 e. The third-order valence-electron chi connectivity index (χ3n) is 2.44. The van der Waals surface area contributed by atoms with E-state index in [0.717, 1.165) is 14.9 Å². The van der Waals surface area contributed by atoms with Crippen molar-refractivity contribution in [2.45, 2.75) is 0 Å². The van der Waals surface area contributed by atoms with Crippen LogP contribution in [0.2, 0.25) is 0 Å². The molecule has 2 aromatic rings. The molecule has 0 bridgehead atoms. The van der Waals surface area contributed by atoms with Crippen molar-refractivity contribution in [1.82, 2.24) is 0 Å². The van der Waals surface area contributed by atoms with Gasteiger partial charge in [-0.25, -0.2) is 4.79 Å². The highest BCUT2D eigenvalue weighted by atomic mass is 127. The zero-order valence-corrected chi connectivity index (χ0v) is 12.0. The second kappa shape index (κ2) is 5.86. The van der Waals surface area contributed by atoms with Crippen LogP contribution in [-0.4, -0.2) is 13.1 Å². The zero-order valence-electron chi connectivity index (χ0n) is 9.81. The van der Waals surface area contributed by atoms with Crippen LogP contribution in [-0.2, 0) is 4.74 Å². The minimum Gasteiger partial charge on any atom is -0.465 e. The van der Waals surface area contributed by atoms with Crippen molar-refractivity contribution in [3.05, 3.63) is 57.7 Å². The summed E-state index contributed by atoms with van der Waals surface area (Å²) in [5, 5.41) is 3.22. The van der Waals surface area contributed by atoms with E-state index < -0.39 is 0 Å². The number of carbonyl (C=O) groups is 1. The molecule has 0 aliphatic rings. The van der Waals surface area contributed by atoms with Crippen molar-refractivity contribution < 1.29 is 9.53 Å². The molecule has 3 nitrogen and oxygen atoms in total. The number of nitrogens with one attached hydrogen (secondary N) is 1. The Kier molecular flexibility index (Phi) is 4.19. The van der Waals surface area contributed by atoms with Gasteiger partial charge in [0.25, 0.3) is 0 Å². The molecule has 0 heterocycles. The summed E-state index contributed by atoms with van der Waals surface area (Å²) < 4.78 is 5.83. The van der Waals surface area contributed by atoms with Crippen LogP contribution in [0.1, 0.15) is 10.4 Å². The van der Waals surface area contributed by atoms with E-state index in [4.69, 9.17) is 4.74 Å². The zero-order chi connectivity index (χ0) is 13.0. The highest BCUT2D eigenvalue weighted by Gasteiger charge is 2.12. The number of hydrogen-bond acceptors (Lipinski definition) is 3. The third kappa shape index (κ3) is 3.01. The molecule has 0 fully saturated rings. The topological polar surface area (TPSA) is 38.3 Å². The van der Waals surface area contributed by atoms with Crippen molar-refractivity contribution in [2.75, 3.05) is 12.4 Å². The van der Waals surface area contributed by atoms with E-state index >= 15 is 0 Å². The summed E-state index contributed by atoms with van der Waals surface area (Å²) in [4.78, 5) is 11.7. The van der Waals surface area contributed by atoms with Crippen LogP contribution in [0.3, 0.4) is 0 Å². The van der Waals surface area contributed by atoms with Crippen molar-refractivity contribution >= 4 is 39.9 Å². The predicted octanol–water partition coefficient (Wildman–Crippen LogP) is 3.82. The maximum atomic E-state index is 11.7. The lowest BCUT2D eigenvalue weighted by Gasteiger charge is -2.11. The second-order valence-electron chi connectivity index (χ2n) is 3.67. The van der Waals surface area contributed by atoms with Crippen molar-refractivity contribution in [3.8, 4) is 0 Å². The SMILES string of the molecule is COC(=O)c1ccc(I)cc1Nc1ccccc1. The number of anilines is 2. The molecular formula is C14H12INO2. The summed E-state index contributed by atoms with van der Waals surface area (Å²) >= 11 is 2.21. The standard InChI is InChI=1S/C14H12INO2/c1-18-14(17)12-8-7-10(15)9-13(12)16-11-5-3-2-4-6-11/h2-9,16H,1H3. The van der Waals surface area contributed by atoms with Crippen molar-refractivity contribution in [2.24, 2.45) is 0 Å². The van der Waals surface area contributed by atoms with Crippen molar-refractivity contribution in [1.29, 1.82) is 0 Å². The van der Waals surface area contributed by atoms with Gasteiger partial charge in [-0.05, 0) is 52.9 Å². The summed E-state index contributed by atoms with van der Waals surface area (Å²) in [5.74, 6) is -0.343. The molecule has 2 rings (SSSR count). The minimum atomic E-state index is -0.343. The average Bonchev–Trinajstić information content (AvgIpc) is 2.39. The number of methoxy groups -OCH3 is 1. The fourth-order valence-electron chi connectivity index (χ4n) is 1.58. The Morgan fingerprint density at radius 1 is 1.17 bits per heavy atom.